The molecule has 0 unspecified atom stereocenters. The summed E-state index contributed by atoms with van der Waals surface area (Å²) in [5, 5.41) is 9.85. The Hall–Kier alpha value is -2.96. The maximum atomic E-state index is 13.2. The molecule has 0 bridgehead atoms. The van der Waals surface area contributed by atoms with Crippen LogP contribution in [0.25, 0.3) is 5.00 Å². The molecule has 1 amide bonds. The lowest BCUT2D eigenvalue weighted by atomic mass is 9.97. The molecule has 2 aromatic heterocycles. The average molecular weight is 492 g/mol. The van der Waals surface area contributed by atoms with Crippen molar-refractivity contribution in [3.63, 3.8) is 0 Å². The zero-order valence-electron chi connectivity index (χ0n) is 18.3. The molecule has 176 valence electrons. The summed E-state index contributed by atoms with van der Waals surface area (Å²) in [7, 11) is -1.70. The van der Waals surface area contributed by atoms with Crippen LogP contribution in [-0.2, 0) is 21.4 Å². The third kappa shape index (κ3) is 5.18. The van der Waals surface area contributed by atoms with Crippen LogP contribution in [0.5, 0.6) is 5.75 Å². The molecular formula is C21H25N5O5S2. The Morgan fingerprint density at radius 1 is 1.21 bits per heavy atom. The van der Waals surface area contributed by atoms with Gasteiger partial charge in [0.05, 0.1) is 13.4 Å². The summed E-state index contributed by atoms with van der Waals surface area (Å²) in [5.74, 6) is 0.749. The molecule has 0 spiro atoms. The first-order chi connectivity index (χ1) is 15.8. The number of rotatable bonds is 7. The van der Waals surface area contributed by atoms with Crippen molar-refractivity contribution in [2.24, 2.45) is 0 Å². The molecule has 1 aliphatic rings. The van der Waals surface area contributed by atoms with Crippen molar-refractivity contribution in [3.05, 3.63) is 58.1 Å². The van der Waals surface area contributed by atoms with Gasteiger partial charge in [0, 0.05) is 24.7 Å². The number of sulfonamides is 1. The number of hydrogen-bond acceptors (Lipinski definition) is 7. The van der Waals surface area contributed by atoms with Gasteiger partial charge in [-0.05, 0) is 54.6 Å². The lowest BCUT2D eigenvalue weighted by molar-refractivity contribution is -0.117. The van der Waals surface area contributed by atoms with Gasteiger partial charge in [-0.2, -0.15) is 5.10 Å². The quantitative estimate of drug-likeness (QED) is 0.540. The van der Waals surface area contributed by atoms with Crippen LogP contribution in [0.4, 0.5) is 5.69 Å². The Bertz CT molecular complexity index is 1270. The zero-order valence-corrected chi connectivity index (χ0v) is 19.9. The van der Waals surface area contributed by atoms with Crippen LogP contribution in [0, 0.1) is 0 Å². The number of amides is 1. The van der Waals surface area contributed by atoms with Crippen LogP contribution in [0.15, 0.2) is 46.6 Å². The van der Waals surface area contributed by atoms with Crippen molar-refractivity contribution < 1.29 is 17.9 Å². The smallest absolute Gasteiger partial charge is 0.351 e. The second kappa shape index (κ2) is 9.49. The first-order valence-corrected chi connectivity index (χ1v) is 13.1. The zero-order chi connectivity index (χ0) is 23.6. The van der Waals surface area contributed by atoms with Gasteiger partial charge in [0.2, 0.25) is 15.9 Å². The number of nitrogens with zero attached hydrogens (tertiary/aromatic N) is 4. The fourth-order valence-electron chi connectivity index (χ4n) is 3.85. The Kier molecular flexibility index (Phi) is 6.68. The van der Waals surface area contributed by atoms with Gasteiger partial charge >= 0.3 is 5.69 Å². The number of ether oxygens (including phenoxy) is 1. The van der Waals surface area contributed by atoms with Crippen molar-refractivity contribution in [3.8, 4) is 10.8 Å². The van der Waals surface area contributed by atoms with E-state index in [0.717, 1.165) is 4.68 Å². The SMILES string of the molecule is COc1ccc(NC(=O)Cn2nc(C3CCN(S(C)(=O)=O)CC3)n(-c3cccs3)c2=O)cc1. The van der Waals surface area contributed by atoms with Gasteiger partial charge in [-0.25, -0.2) is 26.8 Å². The van der Waals surface area contributed by atoms with Gasteiger partial charge < -0.3 is 10.1 Å². The van der Waals surface area contributed by atoms with Gasteiger partial charge in [0.25, 0.3) is 0 Å². The Labute approximate surface area is 195 Å². The number of benzene rings is 1. The number of anilines is 1. The minimum Gasteiger partial charge on any atom is -0.497 e. The van der Waals surface area contributed by atoms with Crippen molar-refractivity contribution in [2.45, 2.75) is 25.3 Å². The molecule has 3 aromatic rings. The highest BCUT2D eigenvalue weighted by atomic mass is 32.2. The molecule has 10 nitrogen and oxygen atoms in total. The van der Waals surface area contributed by atoms with E-state index in [1.807, 2.05) is 17.5 Å². The van der Waals surface area contributed by atoms with Gasteiger partial charge in [0.15, 0.2) is 0 Å². The van der Waals surface area contributed by atoms with E-state index in [1.165, 1.54) is 26.5 Å². The van der Waals surface area contributed by atoms with Crippen LogP contribution in [0.1, 0.15) is 24.6 Å². The van der Waals surface area contributed by atoms with Crippen LogP contribution in [-0.4, -0.2) is 59.4 Å². The molecule has 3 heterocycles. The molecule has 1 aromatic carbocycles. The maximum Gasteiger partial charge on any atom is 0.351 e. The third-order valence-electron chi connectivity index (χ3n) is 5.55. The highest BCUT2D eigenvalue weighted by Crippen LogP contribution is 2.29. The van der Waals surface area contributed by atoms with Crippen molar-refractivity contribution in [1.29, 1.82) is 0 Å². The van der Waals surface area contributed by atoms with Crippen molar-refractivity contribution >= 4 is 33.0 Å². The topological polar surface area (TPSA) is 116 Å². The summed E-state index contributed by atoms with van der Waals surface area (Å²) in [6.07, 6.45) is 2.30. The van der Waals surface area contributed by atoms with Gasteiger partial charge in [0.1, 0.15) is 23.1 Å². The molecule has 12 heteroatoms. The highest BCUT2D eigenvalue weighted by Gasteiger charge is 2.30. The van der Waals surface area contributed by atoms with Crippen LogP contribution >= 0.6 is 11.3 Å². The molecule has 33 heavy (non-hydrogen) atoms. The van der Waals surface area contributed by atoms with E-state index < -0.39 is 15.7 Å². The van der Waals surface area contributed by atoms with Crippen LogP contribution in [0.3, 0.4) is 0 Å². The largest absolute Gasteiger partial charge is 0.497 e. The summed E-state index contributed by atoms with van der Waals surface area (Å²) in [5.41, 5.74) is 0.183. The second-order valence-electron chi connectivity index (χ2n) is 7.80. The number of aromatic nitrogens is 3. The summed E-state index contributed by atoms with van der Waals surface area (Å²) in [6, 6.07) is 10.6. The highest BCUT2D eigenvalue weighted by molar-refractivity contribution is 7.88. The Morgan fingerprint density at radius 3 is 2.48 bits per heavy atom. The number of hydrogen-bond donors (Lipinski definition) is 1. The number of nitrogens with one attached hydrogen (secondary N) is 1. The second-order valence-corrected chi connectivity index (χ2v) is 10.7. The minimum atomic E-state index is -3.26. The molecule has 0 aliphatic carbocycles. The van der Waals surface area contributed by atoms with E-state index in [-0.39, 0.29) is 18.4 Å². The fraction of sp³-hybridized carbons (Fsp3) is 0.381. The fourth-order valence-corrected chi connectivity index (χ4v) is 5.46. The van der Waals surface area contributed by atoms with E-state index in [4.69, 9.17) is 4.74 Å². The van der Waals surface area contributed by atoms with Gasteiger partial charge in [-0.3, -0.25) is 4.79 Å². The normalized spacial score (nSPS) is 15.5. The lowest BCUT2D eigenvalue weighted by Gasteiger charge is -2.29. The van der Waals surface area contributed by atoms with Crippen molar-refractivity contribution in [1.82, 2.24) is 18.7 Å². The van der Waals surface area contributed by atoms with E-state index >= 15 is 0 Å². The maximum absolute atomic E-state index is 13.2. The number of carbonyl (C=O) groups is 1. The summed E-state index contributed by atoms with van der Waals surface area (Å²) in [6.45, 7) is 0.498. The first kappa shape index (κ1) is 23.2. The predicted octanol–water partition coefficient (Wildman–Crippen LogP) is 1.88. The average Bonchev–Trinajstić information content (AvgIpc) is 3.42. The van der Waals surface area contributed by atoms with Gasteiger partial charge in [-0.1, -0.05) is 0 Å². The molecule has 1 saturated heterocycles. The van der Waals surface area contributed by atoms with Crippen molar-refractivity contribution in [2.75, 3.05) is 31.8 Å². The number of methoxy groups -OCH3 is 1. The summed E-state index contributed by atoms with van der Waals surface area (Å²) in [4.78, 5) is 25.8. The van der Waals surface area contributed by atoms with E-state index in [9.17, 15) is 18.0 Å². The molecular weight excluding hydrogens is 466 g/mol. The molecule has 0 atom stereocenters. The number of carbonyl (C=O) groups excluding carboxylic acids is 1. The molecule has 1 aliphatic heterocycles. The molecule has 0 saturated carbocycles. The number of thiophene rings is 1. The predicted molar refractivity (Wildman–Crippen MR) is 126 cm³/mol. The summed E-state index contributed by atoms with van der Waals surface area (Å²) >= 11 is 1.40. The van der Waals surface area contributed by atoms with E-state index in [1.54, 1.807) is 31.4 Å². The Balaban J connectivity index is 1.57. The monoisotopic (exact) mass is 491 g/mol. The first-order valence-electron chi connectivity index (χ1n) is 10.4. The Morgan fingerprint density at radius 2 is 1.91 bits per heavy atom. The summed E-state index contributed by atoms with van der Waals surface area (Å²) < 4.78 is 33.0. The van der Waals surface area contributed by atoms with Gasteiger partial charge in [-0.15, -0.1) is 11.3 Å². The molecule has 0 radical (unpaired) electrons. The standard InChI is InChI=1S/C21H25N5O5S2/c1-31-17-7-5-16(6-8-17)22-18(27)14-25-21(28)26(19-4-3-13-32-19)20(23-25)15-9-11-24(12-10-15)33(2,29)30/h3-8,13,15H,9-12,14H2,1-2H3,(H,22,27). The third-order valence-corrected chi connectivity index (χ3v) is 7.70. The lowest BCUT2D eigenvalue weighted by Crippen LogP contribution is -2.37. The molecule has 1 N–H and O–H groups in total. The minimum absolute atomic E-state index is 0.0938. The molecule has 1 fully saturated rings. The van der Waals surface area contributed by atoms with Crippen LogP contribution in [0.2, 0.25) is 0 Å². The van der Waals surface area contributed by atoms with E-state index in [2.05, 4.69) is 10.4 Å². The van der Waals surface area contributed by atoms with Crippen LogP contribution < -0.4 is 15.7 Å². The number of piperidine rings is 1. The molecule has 4 rings (SSSR count). The van der Waals surface area contributed by atoms with E-state index in [0.29, 0.717) is 48.2 Å².